The topological polar surface area (TPSA) is 45.0 Å². The molecule has 0 saturated carbocycles. The molecular weight excluding hydrogens is 289 g/mol. The van der Waals surface area contributed by atoms with Gasteiger partial charge in [-0.3, -0.25) is 0 Å². The number of rotatable bonds is 4. The summed E-state index contributed by atoms with van der Waals surface area (Å²) in [7, 11) is 1.39. The predicted octanol–water partition coefficient (Wildman–Crippen LogP) is 3.62. The van der Waals surface area contributed by atoms with Crippen LogP contribution in [0.2, 0.25) is 0 Å². The number of nitriles is 1. The van der Waals surface area contributed by atoms with Gasteiger partial charge in [0.2, 0.25) is 0 Å². The summed E-state index contributed by atoms with van der Waals surface area (Å²) in [5, 5.41) is 11.7. The van der Waals surface area contributed by atoms with Crippen LogP contribution in [0, 0.1) is 17.2 Å². The molecule has 0 radical (unpaired) electrons. The predicted molar refractivity (Wildman–Crippen MR) is 74.6 cm³/mol. The van der Waals surface area contributed by atoms with Crippen molar-refractivity contribution < 1.29 is 17.9 Å². The van der Waals surface area contributed by atoms with Crippen LogP contribution in [0.15, 0.2) is 35.6 Å². The standard InChI is InChI=1S/C13H15F3N2OS/c1-4-11(18-12(20)19-3)6-5-10(8-17)7-9(2)13(14,15)16/h4-7,10H,1-3H3,(H,18,20)/b6-5-,9-7?,11-4+. The van der Waals surface area contributed by atoms with Gasteiger partial charge >= 0.3 is 6.18 Å². The van der Waals surface area contributed by atoms with E-state index >= 15 is 0 Å². The quantitative estimate of drug-likeness (QED) is 0.489. The highest BCUT2D eigenvalue weighted by Gasteiger charge is 2.30. The molecule has 0 saturated heterocycles. The van der Waals surface area contributed by atoms with E-state index in [1.165, 1.54) is 19.3 Å². The van der Waals surface area contributed by atoms with Crippen molar-refractivity contribution in [2.75, 3.05) is 7.11 Å². The monoisotopic (exact) mass is 304 g/mol. The fraction of sp³-hybridized carbons (Fsp3) is 0.385. The maximum absolute atomic E-state index is 12.4. The molecule has 20 heavy (non-hydrogen) atoms. The van der Waals surface area contributed by atoms with Crippen LogP contribution in [0.25, 0.3) is 0 Å². The van der Waals surface area contributed by atoms with Crippen molar-refractivity contribution >= 4 is 17.4 Å². The smallest absolute Gasteiger partial charge is 0.412 e. The van der Waals surface area contributed by atoms with Crippen molar-refractivity contribution in [1.29, 1.82) is 5.26 Å². The highest BCUT2D eigenvalue weighted by Crippen LogP contribution is 2.26. The Bertz CT molecular complexity index is 473. The van der Waals surface area contributed by atoms with E-state index in [9.17, 15) is 13.2 Å². The summed E-state index contributed by atoms with van der Waals surface area (Å²) >= 11 is 4.79. The van der Waals surface area contributed by atoms with E-state index in [1.54, 1.807) is 19.1 Å². The lowest BCUT2D eigenvalue weighted by molar-refractivity contribution is -0.0916. The molecule has 0 aromatic rings. The minimum atomic E-state index is -4.43. The largest absolute Gasteiger partial charge is 0.474 e. The van der Waals surface area contributed by atoms with Crippen molar-refractivity contribution in [3.8, 4) is 6.07 Å². The van der Waals surface area contributed by atoms with Gasteiger partial charge < -0.3 is 10.1 Å². The molecule has 0 aliphatic rings. The van der Waals surface area contributed by atoms with Gasteiger partial charge in [-0.2, -0.15) is 18.4 Å². The molecule has 7 heteroatoms. The first-order chi connectivity index (χ1) is 9.24. The first-order valence-electron chi connectivity index (χ1n) is 5.59. The lowest BCUT2D eigenvalue weighted by Gasteiger charge is -2.08. The fourth-order valence-electron chi connectivity index (χ4n) is 1.09. The van der Waals surface area contributed by atoms with Crippen molar-refractivity contribution in [3.63, 3.8) is 0 Å². The van der Waals surface area contributed by atoms with Gasteiger partial charge in [0, 0.05) is 11.3 Å². The van der Waals surface area contributed by atoms with Crippen LogP contribution in [0.1, 0.15) is 13.8 Å². The van der Waals surface area contributed by atoms with Crippen molar-refractivity contribution in [1.82, 2.24) is 5.32 Å². The molecule has 110 valence electrons. The molecule has 0 aliphatic carbocycles. The van der Waals surface area contributed by atoms with Crippen LogP contribution in [0.4, 0.5) is 13.2 Å². The maximum atomic E-state index is 12.4. The summed E-state index contributed by atoms with van der Waals surface area (Å²) in [5.74, 6) is -0.982. The highest BCUT2D eigenvalue weighted by atomic mass is 32.1. The minimum Gasteiger partial charge on any atom is -0.474 e. The molecule has 0 spiro atoms. The number of alkyl halides is 3. The molecular formula is C13H15F3N2OS. The average molecular weight is 304 g/mol. The normalized spacial score (nSPS) is 14.8. The minimum absolute atomic E-state index is 0.123. The number of ether oxygens (including phenoxy) is 1. The first kappa shape index (κ1) is 18.2. The first-order valence-corrected chi connectivity index (χ1v) is 6.00. The van der Waals surface area contributed by atoms with Gasteiger partial charge in [-0.1, -0.05) is 18.2 Å². The SMILES string of the molecule is C/C=C(\C=C/C(C#N)C=C(C)C(F)(F)F)NC(=S)OC. The van der Waals surface area contributed by atoms with Gasteiger partial charge in [0.1, 0.15) is 0 Å². The van der Waals surface area contributed by atoms with Gasteiger partial charge in [0.25, 0.3) is 5.17 Å². The van der Waals surface area contributed by atoms with E-state index in [4.69, 9.17) is 22.2 Å². The number of halogens is 3. The lowest BCUT2D eigenvalue weighted by Crippen LogP contribution is -2.21. The van der Waals surface area contributed by atoms with Crippen molar-refractivity contribution in [2.45, 2.75) is 20.0 Å². The molecule has 0 rings (SSSR count). The van der Waals surface area contributed by atoms with E-state index < -0.39 is 17.7 Å². The number of allylic oxidation sites excluding steroid dienone is 5. The van der Waals surface area contributed by atoms with Crippen molar-refractivity contribution in [3.05, 3.63) is 35.6 Å². The van der Waals surface area contributed by atoms with Crippen LogP contribution in [0.3, 0.4) is 0 Å². The van der Waals surface area contributed by atoms with Crippen LogP contribution < -0.4 is 5.32 Å². The van der Waals surface area contributed by atoms with E-state index in [-0.39, 0.29) is 5.17 Å². The molecule has 0 aromatic carbocycles. The van der Waals surface area contributed by atoms with E-state index in [0.29, 0.717) is 5.70 Å². The molecule has 0 bridgehead atoms. The second-order valence-corrected chi connectivity index (χ2v) is 4.09. The van der Waals surface area contributed by atoms with Crippen LogP contribution in [0.5, 0.6) is 0 Å². The summed E-state index contributed by atoms with van der Waals surface area (Å²) in [4.78, 5) is 0. The highest BCUT2D eigenvalue weighted by molar-refractivity contribution is 7.80. The van der Waals surface area contributed by atoms with Crippen LogP contribution in [-0.2, 0) is 4.74 Å². The second-order valence-electron chi connectivity index (χ2n) is 3.72. The van der Waals surface area contributed by atoms with E-state index in [1.807, 2.05) is 0 Å². The summed E-state index contributed by atoms with van der Waals surface area (Å²) in [5.41, 5.74) is -0.286. The maximum Gasteiger partial charge on any atom is 0.412 e. The molecule has 0 amide bonds. The van der Waals surface area contributed by atoms with Crippen LogP contribution >= 0.6 is 12.2 Å². The Morgan fingerprint density at radius 1 is 1.45 bits per heavy atom. The molecule has 0 fully saturated rings. The van der Waals surface area contributed by atoms with E-state index in [0.717, 1.165) is 13.0 Å². The van der Waals surface area contributed by atoms with E-state index in [2.05, 4.69) is 5.32 Å². The van der Waals surface area contributed by atoms with Gasteiger partial charge in [0.05, 0.1) is 19.1 Å². The Hall–Kier alpha value is -1.81. The summed E-state index contributed by atoms with van der Waals surface area (Å²) in [6, 6.07) is 1.77. The third kappa shape index (κ3) is 6.95. The number of thiocarbonyl (C=S) groups is 1. The Morgan fingerprint density at radius 2 is 2.05 bits per heavy atom. The Balaban J connectivity index is 4.93. The number of hydrogen-bond donors (Lipinski definition) is 1. The lowest BCUT2D eigenvalue weighted by atomic mass is 10.1. The summed E-state index contributed by atoms with van der Waals surface area (Å²) < 4.78 is 41.9. The Kier molecular flexibility index (Phi) is 7.62. The molecule has 0 heterocycles. The third-order valence-electron chi connectivity index (χ3n) is 2.25. The zero-order valence-corrected chi connectivity index (χ0v) is 12.1. The van der Waals surface area contributed by atoms with Gasteiger partial charge in [-0.05, 0) is 32.1 Å². The van der Waals surface area contributed by atoms with Crippen LogP contribution in [-0.4, -0.2) is 18.5 Å². The number of nitrogens with zero attached hydrogens (tertiary/aromatic N) is 1. The summed E-state index contributed by atoms with van der Waals surface area (Å²) in [6.07, 6.45) is 0.895. The fourth-order valence-corrected chi connectivity index (χ4v) is 1.20. The zero-order valence-electron chi connectivity index (χ0n) is 11.3. The number of nitrogens with one attached hydrogen (secondary N) is 1. The van der Waals surface area contributed by atoms with Gasteiger partial charge in [-0.15, -0.1) is 0 Å². The second kappa shape index (κ2) is 8.38. The third-order valence-corrected chi connectivity index (χ3v) is 2.52. The Labute approximate surface area is 121 Å². The zero-order chi connectivity index (χ0) is 15.8. The molecule has 1 N–H and O–H groups in total. The molecule has 0 aliphatic heterocycles. The number of methoxy groups -OCH3 is 1. The number of hydrogen-bond acceptors (Lipinski definition) is 3. The van der Waals surface area contributed by atoms with Gasteiger partial charge in [-0.25, -0.2) is 0 Å². The Morgan fingerprint density at radius 3 is 2.45 bits per heavy atom. The molecule has 3 nitrogen and oxygen atoms in total. The molecule has 0 aromatic heterocycles. The summed E-state index contributed by atoms with van der Waals surface area (Å²) in [6.45, 7) is 2.64. The molecule has 1 atom stereocenters. The van der Waals surface area contributed by atoms with Gasteiger partial charge in [0.15, 0.2) is 0 Å². The molecule has 1 unspecified atom stereocenters. The average Bonchev–Trinajstić information content (AvgIpc) is 2.39. The van der Waals surface area contributed by atoms with Crippen molar-refractivity contribution in [2.24, 2.45) is 5.92 Å².